The van der Waals surface area contributed by atoms with E-state index >= 15 is 0 Å². The second-order valence-electron chi connectivity index (χ2n) is 5.66. The first-order valence-corrected chi connectivity index (χ1v) is 7.14. The van der Waals surface area contributed by atoms with Crippen molar-refractivity contribution in [2.24, 2.45) is 11.8 Å². The van der Waals surface area contributed by atoms with Crippen molar-refractivity contribution < 1.29 is 4.79 Å². The first-order valence-electron chi connectivity index (χ1n) is 7.14. The molecule has 4 nitrogen and oxygen atoms in total. The average Bonchev–Trinajstić information content (AvgIpc) is 2.29. The van der Waals surface area contributed by atoms with Gasteiger partial charge in [0.1, 0.15) is 0 Å². The van der Waals surface area contributed by atoms with Crippen LogP contribution in [-0.4, -0.2) is 18.5 Å². The second kappa shape index (κ2) is 7.83. The lowest BCUT2D eigenvalue weighted by Gasteiger charge is -2.33. The third kappa shape index (κ3) is 5.34. The highest BCUT2D eigenvalue weighted by molar-refractivity contribution is 5.79. The van der Waals surface area contributed by atoms with Crippen molar-refractivity contribution in [1.82, 2.24) is 10.6 Å². The van der Waals surface area contributed by atoms with E-state index in [9.17, 15) is 4.79 Å². The fourth-order valence-electron chi connectivity index (χ4n) is 2.50. The van der Waals surface area contributed by atoms with Crippen molar-refractivity contribution in [3.8, 4) is 6.19 Å². The predicted octanol–water partition coefficient (Wildman–Crippen LogP) is 2.33. The van der Waals surface area contributed by atoms with Crippen molar-refractivity contribution in [3.05, 3.63) is 11.6 Å². The van der Waals surface area contributed by atoms with Crippen LogP contribution in [0.15, 0.2) is 11.6 Å². The Hall–Kier alpha value is -1.50. The molecule has 0 bridgehead atoms. The van der Waals surface area contributed by atoms with Crippen molar-refractivity contribution in [3.63, 3.8) is 0 Å². The molecule has 1 aliphatic rings. The van der Waals surface area contributed by atoms with Crippen LogP contribution < -0.4 is 10.6 Å². The molecule has 0 radical (unpaired) electrons. The van der Waals surface area contributed by atoms with E-state index in [0.29, 0.717) is 5.92 Å². The van der Waals surface area contributed by atoms with Gasteiger partial charge in [0, 0.05) is 18.5 Å². The molecule has 0 unspecified atom stereocenters. The quantitative estimate of drug-likeness (QED) is 0.421. The number of nitriles is 1. The molecule has 4 heteroatoms. The molecule has 19 heavy (non-hydrogen) atoms. The topological polar surface area (TPSA) is 64.9 Å². The first-order chi connectivity index (χ1) is 9.06. The van der Waals surface area contributed by atoms with Crippen molar-refractivity contribution >= 4 is 5.91 Å². The highest BCUT2D eigenvalue weighted by Gasteiger charge is 2.34. The standard InChI is InChI=1S/C15H25N3O/c1-4-5-12(6-11(2)3)9-17-15(19)13-7-14(8-13)18-10-16/h6,12-14,18H,4-5,7-9H2,1-3H3,(H,17,19)/t12-,13?,14?/m1/s1. The van der Waals surface area contributed by atoms with Crippen LogP contribution >= 0.6 is 0 Å². The van der Waals surface area contributed by atoms with Gasteiger partial charge in [0.2, 0.25) is 5.91 Å². The Morgan fingerprint density at radius 2 is 2.16 bits per heavy atom. The third-order valence-electron chi connectivity index (χ3n) is 3.54. The largest absolute Gasteiger partial charge is 0.355 e. The number of amides is 1. The van der Waals surface area contributed by atoms with Crippen LogP contribution in [0.5, 0.6) is 0 Å². The Labute approximate surface area is 116 Å². The summed E-state index contributed by atoms with van der Waals surface area (Å²) in [6.45, 7) is 7.07. The molecule has 0 aromatic carbocycles. The fraction of sp³-hybridized carbons (Fsp3) is 0.733. The maximum Gasteiger partial charge on any atom is 0.223 e. The molecule has 0 aromatic rings. The molecule has 1 fully saturated rings. The van der Waals surface area contributed by atoms with Gasteiger partial charge in [-0.1, -0.05) is 25.0 Å². The summed E-state index contributed by atoms with van der Waals surface area (Å²) in [5.41, 5.74) is 1.30. The van der Waals surface area contributed by atoms with Gasteiger partial charge in [0.05, 0.1) is 0 Å². The van der Waals surface area contributed by atoms with Crippen LogP contribution in [0.4, 0.5) is 0 Å². The van der Waals surface area contributed by atoms with E-state index in [0.717, 1.165) is 32.2 Å². The van der Waals surface area contributed by atoms with Gasteiger partial charge in [0.15, 0.2) is 6.19 Å². The third-order valence-corrected chi connectivity index (χ3v) is 3.54. The van der Waals surface area contributed by atoms with Gasteiger partial charge >= 0.3 is 0 Å². The van der Waals surface area contributed by atoms with Gasteiger partial charge in [0.25, 0.3) is 0 Å². The summed E-state index contributed by atoms with van der Waals surface area (Å²) in [6.07, 6.45) is 7.96. The zero-order valence-electron chi connectivity index (χ0n) is 12.2. The molecule has 0 aliphatic heterocycles. The highest BCUT2D eigenvalue weighted by Crippen LogP contribution is 2.27. The molecule has 1 rings (SSSR count). The number of allylic oxidation sites excluding steroid dienone is 1. The van der Waals surface area contributed by atoms with Gasteiger partial charge in [-0.15, -0.1) is 0 Å². The number of hydrogen-bond acceptors (Lipinski definition) is 3. The van der Waals surface area contributed by atoms with Crippen molar-refractivity contribution in [1.29, 1.82) is 5.26 Å². The molecule has 0 saturated heterocycles. The van der Waals surface area contributed by atoms with E-state index in [4.69, 9.17) is 5.26 Å². The number of hydrogen-bond donors (Lipinski definition) is 2. The van der Waals surface area contributed by atoms with Crippen molar-refractivity contribution in [2.75, 3.05) is 6.54 Å². The van der Waals surface area contributed by atoms with E-state index in [-0.39, 0.29) is 17.9 Å². The van der Waals surface area contributed by atoms with Gasteiger partial charge in [-0.05, 0) is 39.0 Å². The zero-order chi connectivity index (χ0) is 14.3. The van der Waals surface area contributed by atoms with Crippen LogP contribution in [0.1, 0.15) is 46.5 Å². The van der Waals surface area contributed by atoms with Crippen LogP contribution in [0.2, 0.25) is 0 Å². The van der Waals surface area contributed by atoms with E-state index in [1.807, 2.05) is 6.19 Å². The Balaban J connectivity index is 2.29. The Bertz CT molecular complexity index is 360. The van der Waals surface area contributed by atoms with Gasteiger partial charge in [-0.3, -0.25) is 4.79 Å². The molecule has 2 N–H and O–H groups in total. The summed E-state index contributed by atoms with van der Waals surface area (Å²) in [6, 6.07) is 0.199. The molecule has 0 heterocycles. The van der Waals surface area contributed by atoms with E-state index in [1.54, 1.807) is 0 Å². The summed E-state index contributed by atoms with van der Waals surface area (Å²) >= 11 is 0. The van der Waals surface area contributed by atoms with Crippen LogP contribution in [-0.2, 0) is 4.79 Å². The Kier molecular flexibility index (Phi) is 6.41. The lowest BCUT2D eigenvalue weighted by Crippen LogP contribution is -2.47. The summed E-state index contributed by atoms with van der Waals surface area (Å²) in [7, 11) is 0. The number of nitrogens with one attached hydrogen (secondary N) is 2. The van der Waals surface area contributed by atoms with Crippen molar-refractivity contribution in [2.45, 2.75) is 52.5 Å². The predicted molar refractivity (Wildman–Crippen MR) is 76.1 cm³/mol. The van der Waals surface area contributed by atoms with E-state index < -0.39 is 0 Å². The highest BCUT2D eigenvalue weighted by atomic mass is 16.1. The minimum absolute atomic E-state index is 0.0832. The molecule has 1 aliphatic carbocycles. The first kappa shape index (κ1) is 15.6. The molecule has 0 aromatic heterocycles. The average molecular weight is 263 g/mol. The molecule has 1 amide bonds. The normalized spacial score (nSPS) is 22.6. The lowest BCUT2D eigenvalue weighted by atomic mass is 9.79. The Morgan fingerprint density at radius 1 is 1.47 bits per heavy atom. The maximum absolute atomic E-state index is 11.9. The Morgan fingerprint density at radius 3 is 2.68 bits per heavy atom. The number of carbonyl (C=O) groups is 1. The number of nitrogens with zero attached hydrogens (tertiary/aromatic N) is 1. The molecule has 1 atom stereocenters. The molecule has 106 valence electrons. The number of carbonyl (C=O) groups excluding carboxylic acids is 1. The summed E-state index contributed by atoms with van der Waals surface area (Å²) in [4.78, 5) is 11.9. The molecular weight excluding hydrogens is 238 g/mol. The summed E-state index contributed by atoms with van der Waals surface area (Å²) in [5.74, 6) is 0.658. The molecular formula is C15H25N3O. The van der Waals surface area contributed by atoms with Crippen LogP contribution in [0, 0.1) is 23.3 Å². The second-order valence-corrected chi connectivity index (χ2v) is 5.66. The molecule has 1 saturated carbocycles. The minimum atomic E-state index is 0.0832. The lowest BCUT2D eigenvalue weighted by molar-refractivity contribution is -0.128. The number of rotatable bonds is 7. The zero-order valence-corrected chi connectivity index (χ0v) is 12.2. The van der Waals surface area contributed by atoms with Gasteiger partial charge < -0.3 is 10.6 Å². The summed E-state index contributed by atoms with van der Waals surface area (Å²) in [5, 5.41) is 14.2. The van der Waals surface area contributed by atoms with E-state index in [1.165, 1.54) is 5.57 Å². The minimum Gasteiger partial charge on any atom is -0.355 e. The monoisotopic (exact) mass is 263 g/mol. The summed E-state index contributed by atoms with van der Waals surface area (Å²) < 4.78 is 0. The van der Waals surface area contributed by atoms with Crippen LogP contribution in [0.3, 0.4) is 0 Å². The van der Waals surface area contributed by atoms with Gasteiger partial charge in [-0.2, -0.15) is 5.26 Å². The van der Waals surface area contributed by atoms with E-state index in [2.05, 4.69) is 37.5 Å². The molecule has 0 spiro atoms. The van der Waals surface area contributed by atoms with Crippen LogP contribution in [0.25, 0.3) is 0 Å². The smallest absolute Gasteiger partial charge is 0.223 e. The fourth-order valence-corrected chi connectivity index (χ4v) is 2.50. The van der Waals surface area contributed by atoms with Gasteiger partial charge in [-0.25, -0.2) is 0 Å². The SMILES string of the molecule is CCC[C@H](C=C(C)C)CNC(=O)C1CC(NC#N)C1. The maximum atomic E-state index is 11.9.